The number of hydrogen-bond donors (Lipinski definition) is 3. The third-order valence-corrected chi connectivity index (χ3v) is 8.10. The summed E-state index contributed by atoms with van der Waals surface area (Å²) in [6.45, 7) is 5.26. The van der Waals surface area contributed by atoms with E-state index < -0.39 is 0 Å². The van der Waals surface area contributed by atoms with Gasteiger partial charge in [-0.3, -0.25) is 0 Å². The summed E-state index contributed by atoms with van der Waals surface area (Å²) in [7, 11) is 3.60. The van der Waals surface area contributed by atoms with E-state index in [0.29, 0.717) is 30.8 Å². The fourth-order valence-electron chi connectivity index (χ4n) is 5.09. The summed E-state index contributed by atoms with van der Waals surface area (Å²) in [5, 5.41) is 15.8. The van der Waals surface area contributed by atoms with Gasteiger partial charge in [-0.15, -0.1) is 9.24 Å². The van der Waals surface area contributed by atoms with Crippen LogP contribution in [0.15, 0.2) is 30.3 Å². The lowest BCUT2D eigenvalue weighted by atomic mass is 9.48. The van der Waals surface area contributed by atoms with Gasteiger partial charge in [0.25, 0.3) is 7.48 Å². The molecule has 0 spiro atoms. The summed E-state index contributed by atoms with van der Waals surface area (Å²) in [6, 6.07) is 10.2. The minimum absolute atomic E-state index is 0.0581. The van der Waals surface area contributed by atoms with E-state index in [-0.39, 0.29) is 17.8 Å². The van der Waals surface area contributed by atoms with Crippen molar-refractivity contribution in [3.63, 3.8) is 0 Å². The van der Waals surface area contributed by atoms with Crippen molar-refractivity contribution in [1.82, 2.24) is 0 Å². The molecule has 4 N–H and O–H groups in total. The fourth-order valence-corrected chi connectivity index (χ4v) is 6.01. The van der Waals surface area contributed by atoms with Gasteiger partial charge in [-0.05, 0) is 54.4 Å². The summed E-state index contributed by atoms with van der Waals surface area (Å²) in [5.41, 5.74) is 8.55. The summed E-state index contributed by atoms with van der Waals surface area (Å²) < 4.78 is 6.38. The number of nitrogens with two attached hydrogens (primary N) is 1. The molecule has 6 heteroatoms. The summed E-state index contributed by atoms with van der Waals surface area (Å²) in [5.74, 6) is 1.47. The Hall–Kier alpha value is -1.03. The first-order chi connectivity index (χ1) is 12.9. The molecule has 4 nitrogen and oxygen atoms in total. The molecule has 1 aromatic rings. The predicted molar refractivity (Wildman–Crippen MR) is 118 cm³/mol. The first kappa shape index (κ1) is 20.7. The van der Waals surface area contributed by atoms with Gasteiger partial charge in [0, 0.05) is 23.9 Å². The van der Waals surface area contributed by atoms with E-state index in [2.05, 4.69) is 35.2 Å². The van der Waals surface area contributed by atoms with Crippen LogP contribution < -0.4 is 5.73 Å². The van der Waals surface area contributed by atoms with Crippen LogP contribution in [-0.4, -0.2) is 37.7 Å². The Morgan fingerprint density at radius 2 is 2.07 bits per heavy atom. The Labute approximate surface area is 166 Å². The fraction of sp³-hybridized carbons (Fsp3) is 0.619. The summed E-state index contributed by atoms with van der Waals surface area (Å²) in [4.78, 5) is 0. The molecule has 3 fully saturated rings. The number of rotatable bonds is 9. The van der Waals surface area contributed by atoms with Crippen LogP contribution in [0.2, 0.25) is 5.82 Å². The van der Waals surface area contributed by atoms with E-state index >= 15 is 0 Å². The van der Waals surface area contributed by atoms with Crippen molar-refractivity contribution in [3.05, 3.63) is 35.9 Å². The van der Waals surface area contributed by atoms with Crippen molar-refractivity contribution in [2.24, 2.45) is 28.9 Å². The molecule has 1 aromatic carbocycles. The molecule has 3 aliphatic carbocycles. The van der Waals surface area contributed by atoms with E-state index in [1.54, 1.807) is 0 Å². The molecule has 4 rings (SSSR count). The molecule has 0 saturated heterocycles. The zero-order valence-electron chi connectivity index (χ0n) is 16.5. The van der Waals surface area contributed by atoms with Gasteiger partial charge in [-0.2, -0.15) is 0 Å². The van der Waals surface area contributed by atoms with Crippen LogP contribution in [0.5, 0.6) is 0 Å². The molecule has 0 aromatic heterocycles. The minimum atomic E-state index is -0.0765. The van der Waals surface area contributed by atoms with Gasteiger partial charge in [0.2, 0.25) is 0 Å². The number of fused-ring (bicyclic) bond motifs is 2. The van der Waals surface area contributed by atoms with E-state index in [0.717, 1.165) is 30.9 Å². The lowest BCUT2D eigenvalue weighted by molar-refractivity contribution is -0.103. The second-order valence-corrected chi connectivity index (χ2v) is 9.71. The lowest BCUT2D eigenvalue weighted by Crippen LogP contribution is -2.59. The smallest absolute Gasteiger partial charge is 0.280 e. The Kier molecular flexibility index (Phi) is 6.56. The summed E-state index contributed by atoms with van der Waals surface area (Å²) >= 11 is 0. The zero-order valence-corrected chi connectivity index (χ0v) is 17.7. The van der Waals surface area contributed by atoms with Gasteiger partial charge < -0.3 is 21.2 Å². The molecule has 0 heterocycles. The minimum Gasteiger partial charge on any atom is -0.436 e. The average molecular weight is 385 g/mol. The van der Waals surface area contributed by atoms with Gasteiger partial charge >= 0.3 is 0 Å². The number of hydrogen-bond acceptors (Lipinski definition) is 4. The van der Waals surface area contributed by atoms with Crippen molar-refractivity contribution in [2.75, 3.05) is 6.54 Å². The van der Waals surface area contributed by atoms with Crippen molar-refractivity contribution < 1.29 is 4.65 Å². The Balaban J connectivity index is 1.63. The maximum Gasteiger partial charge on any atom is 0.280 e. The SMILES string of the molecule is CC1(C)C2CC(OBC(CN)C(Cc3ccccc3)C(=N)C=N)C(P)C1C2. The zero-order chi connectivity index (χ0) is 19.6. The third kappa shape index (κ3) is 4.21. The maximum absolute atomic E-state index is 8.27. The van der Waals surface area contributed by atoms with Crippen LogP contribution in [-0.2, 0) is 11.1 Å². The molecule has 27 heavy (non-hydrogen) atoms. The number of benzene rings is 1. The highest BCUT2D eigenvalue weighted by atomic mass is 31.0. The monoisotopic (exact) mass is 385 g/mol. The van der Waals surface area contributed by atoms with Gasteiger partial charge in [0.05, 0.1) is 5.71 Å². The topological polar surface area (TPSA) is 83.0 Å². The van der Waals surface area contributed by atoms with Gasteiger partial charge in [-0.1, -0.05) is 44.2 Å². The molecule has 2 bridgehead atoms. The van der Waals surface area contributed by atoms with Crippen LogP contribution in [0.1, 0.15) is 32.3 Å². The van der Waals surface area contributed by atoms with Crippen LogP contribution in [0.25, 0.3) is 0 Å². The third-order valence-electron chi connectivity index (χ3n) is 7.21. The highest BCUT2D eigenvalue weighted by molar-refractivity contribution is 7.17. The largest absolute Gasteiger partial charge is 0.436 e. The van der Waals surface area contributed by atoms with Crippen LogP contribution >= 0.6 is 9.24 Å². The van der Waals surface area contributed by atoms with Gasteiger partial charge in [-0.25, -0.2) is 0 Å². The molecule has 0 aliphatic heterocycles. The van der Waals surface area contributed by atoms with Crippen molar-refractivity contribution >= 4 is 28.6 Å². The molecule has 3 aliphatic rings. The van der Waals surface area contributed by atoms with Crippen LogP contribution in [0.4, 0.5) is 0 Å². The second kappa shape index (κ2) is 8.55. The van der Waals surface area contributed by atoms with Gasteiger partial charge in [0.1, 0.15) is 0 Å². The van der Waals surface area contributed by atoms with Crippen LogP contribution in [0.3, 0.4) is 0 Å². The van der Waals surface area contributed by atoms with Crippen molar-refractivity contribution in [3.8, 4) is 0 Å². The maximum atomic E-state index is 8.27. The molecule has 0 radical (unpaired) electrons. The Morgan fingerprint density at radius 3 is 2.63 bits per heavy atom. The van der Waals surface area contributed by atoms with E-state index in [1.165, 1.54) is 12.0 Å². The normalized spacial score (nSPS) is 30.7. The summed E-state index contributed by atoms with van der Waals surface area (Å²) in [6.07, 6.45) is 4.62. The van der Waals surface area contributed by atoms with Gasteiger partial charge in [0.15, 0.2) is 0 Å². The Bertz CT molecular complexity index is 669. The molecule has 3 saturated carbocycles. The predicted octanol–water partition coefficient (Wildman–Crippen LogP) is 3.31. The molecule has 0 amide bonds. The number of nitrogens with one attached hydrogen (secondary N) is 2. The van der Waals surface area contributed by atoms with E-state index in [1.807, 2.05) is 18.2 Å². The lowest BCUT2D eigenvalue weighted by Gasteiger charge is -2.61. The molecule has 7 atom stereocenters. The average Bonchev–Trinajstić information content (AvgIpc) is 2.68. The van der Waals surface area contributed by atoms with Crippen molar-refractivity contribution in [1.29, 1.82) is 10.8 Å². The molecular weight excluding hydrogens is 352 g/mol. The van der Waals surface area contributed by atoms with Crippen molar-refractivity contribution in [2.45, 2.75) is 50.7 Å². The second-order valence-electron chi connectivity index (χ2n) is 8.94. The standard InChI is InChI=1S/C21H33BN3OP/c1-21(2)14-9-16(21)20(27)19(10-14)26-22-17(11-23)15(18(25)12-24)8-13-6-4-3-5-7-13/h3-7,12,14-17,19-20,22,24-25H,8-11,23,27H2,1-2H3. The first-order valence-electron chi connectivity index (χ1n) is 10.1. The first-order valence-corrected chi connectivity index (χ1v) is 10.7. The van der Waals surface area contributed by atoms with E-state index in [9.17, 15) is 0 Å². The quantitative estimate of drug-likeness (QED) is 0.346. The Morgan fingerprint density at radius 1 is 1.37 bits per heavy atom. The van der Waals surface area contributed by atoms with Crippen LogP contribution in [0, 0.1) is 34.0 Å². The molecular formula is C21H33BN3OP. The molecule has 7 unspecified atom stereocenters. The van der Waals surface area contributed by atoms with E-state index in [4.69, 9.17) is 21.2 Å². The molecule has 146 valence electrons. The highest BCUT2D eigenvalue weighted by Crippen LogP contribution is 2.61. The highest BCUT2D eigenvalue weighted by Gasteiger charge is 2.56.